The van der Waals surface area contributed by atoms with Crippen molar-refractivity contribution < 1.29 is 4.79 Å². The summed E-state index contributed by atoms with van der Waals surface area (Å²) < 4.78 is 0. The summed E-state index contributed by atoms with van der Waals surface area (Å²) in [5.74, 6) is 0.627. The molecule has 0 unspecified atom stereocenters. The van der Waals surface area contributed by atoms with Gasteiger partial charge in [0.2, 0.25) is 5.91 Å². The summed E-state index contributed by atoms with van der Waals surface area (Å²) in [6, 6.07) is 10.7. The van der Waals surface area contributed by atoms with Crippen molar-refractivity contribution in [2.75, 3.05) is 13.1 Å². The van der Waals surface area contributed by atoms with Crippen molar-refractivity contribution in [1.82, 2.24) is 9.91 Å². The van der Waals surface area contributed by atoms with E-state index in [1.807, 2.05) is 18.2 Å². The van der Waals surface area contributed by atoms with Gasteiger partial charge in [0, 0.05) is 12.8 Å². The van der Waals surface area contributed by atoms with Crippen LogP contribution in [0.25, 0.3) is 0 Å². The van der Waals surface area contributed by atoms with Gasteiger partial charge in [-0.05, 0) is 31.5 Å². The minimum Gasteiger partial charge on any atom is -0.293 e. The molecule has 4 aliphatic heterocycles. The lowest BCUT2D eigenvalue weighted by atomic mass is 9.78. The number of carbonyl (C=O) groups is 1. The van der Waals surface area contributed by atoms with Gasteiger partial charge in [-0.1, -0.05) is 30.3 Å². The number of fused-ring (bicyclic) bond motifs is 2. The molecule has 0 saturated carbocycles. The topological polar surface area (TPSA) is 35.9 Å². The molecule has 0 radical (unpaired) electrons. The van der Waals surface area contributed by atoms with Gasteiger partial charge in [0.05, 0.1) is 11.8 Å². The van der Waals surface area contributed by atoms with Crippen LogP contribution in [0.1, 0.15) is 31.4 Å². The smallest absolute Gasteiger partial charge is 0.240 e. The third-order valence-electron chi connectivity index (χ3n) is 4.89. The predicted molar refractivity (Wildman–Crippen MR) is 77.2 cm³/mol. The number of rotatable bonds is 1. The highest BCUT2D eigenvalue weighted by Gasteiger charge is 2.50. The number of piperidine rings is 3. The molecule has 3 fully saturated rings. The van der Waals surface area contributed by atoms with Gasteiger partial charge in [-0.25, -0.2) is 5.01 Å². The van der Waals surface area contributed by atoms with E-state index in [0.29, 0.717) is 12.0 Å². The van der Waals surface area contributed by atoms with E-state index in [4.69, 9.17) is 5.10 Å². The first-order valence-corrected chi connectivity index (χ1v) is 7.43. The zero-order chi connectivity index (χ0) is 13.7. The van der Waals surface area contributed by atoms with E-state index in [1.165, 1.54) is 24.1 Å². The molecule has 104 valence electrons. The molecule has 0 aromatic heterocycles. The van der Waals surface area contributed by atoms with Crippen molar-refractivity contribution in [3.05, 3.63) is 35.9 Å². The summed E-state index contributed by atoms with van der Waals surface area (Å²) in [7, 11) is 0. The Balaban J connectivity index is 1.79. The van der Waals surface area contributed by atoms with Gasteiger partial charge >= 0.3 is 0 Å². The molecule has 1 amide bonds. The number of hydrazone groups is 1. The standard InChI is InChI=1S/C16H19N3O/c1-11(20)19-15(13-5-3-2-4-6-13)16-14(17-19)12-7-9-18(16)10-8-12/h2-6,12,15-16H,7-10H2,1H3/t15-,16+/m0/s1. The second kappa shape index (κ2) is 4.42. The molecule has 0 spiro atoms. The van der Waals surface area contributed by atoms with Crippen molar-refractivity contribution in [2.45, 2.75) is 31.8 Å². The van der Waals surface area contributed by atoms with Crippen LogP contribution in [0.2, 0.25) is 0 Å². The Hall–Kier alpha value is -1.68. The van der Waals surface area contributed by atoms with Crippen molar-refractivity contribution in [1.29, 1.82) is 0 Å². The van der Waals surface area contributed by atoms with Crippen LogP contribution in [-0.2, 0) is 4.79 Å². The van der Waals surface area contributed by atoms with Gasteiger partial charge in [-0.2, -0.15) is 5.10 Å². The van der Waals surface area contributed by atoms with E-state index in [9.17, 15) is 4.79 Å². The molecule has 4 heterocycles. The predicted octanol–water partition coefficient (Wildman–Crippen LogP) is 2.04. The molecule has 2 atom stereocenters. The fraction of sp³-hybridized carbons (Fsp3) is 0.500. The Labute approximate surface area is 119 Å². The molecular weight excluding hydrogens is 250 g/mol. The zero-order valence-electron chi connectivity index (χ0n) is 11.7. The molecule has 20 heavy (non-hydrogen) atoms. The first-order chi connectivity index (χ1) is 9.75. The van der Waals surface area contributed by atoms with Crippen molar-refractivity contribution in [3.63, 3.8) is 0 Å². The summed E-state index contributed by atoms with van der Waals surface area (Å²) in [6.07, 6.45) is 2.39. The largest absolute Gasteiger partial charge is 0.293 e. The van der Waals surface area contributed by atoms with Gasteiger partial charge in [-0.3, -0.25) is 9.69 Å². The zero-order valence-corrected chi connectivity index (χ0v) is 11.7. The van der Waals surface area contributed by atoms with E-state index in [-0.39, 0.29) is 11.9 Å². The van der Waals surface area contributed by atoms with Gasteiger partial charge in [0.15, 0.2) is 0 Å². The van der Waals surface area contributed by atoms with Crippen molar-refractivity contribution in [3.8, 4) is 0 Å². The van der Waals surface area contributed by atoms with Crippen LogP contribution < -0.4 is 0 Å². The lowest BCUT2D eigenvalue weighted by molar-refractivity contribution is -0.131. The molecule has 3 saturated heterocycles. The minimum absolute atomic E-state index is 0.0429. The lowest BCUT2D eigenvalue weighted by Gasteiger charge is -2.46. The Morgan fingerprint density at radius 3 is 2.50 bits per heavy atom. The van der Waals surface area contributed by atoms with E-state index < -0.39 is 0 Å². The minimum atomic E-state index is 0.0429. The number of carbonyl (C=O) groups excluding carboxylic acids is 1. The van der Waals surface area contributed by atoms with Crippen LogP contribution in [0.15, 0.2) is 35.4 Å². The number of hydrogen-bond acceptors (Lipinski definition) is 3. The molecule has 4 aliphatic rings. The molecule has 2 bridgehead atoms. The average Bonchev–Trinajstić information content (AvgIpc) is 2.92. The van der Waals surface area contributed by atoms with Crippen LogP contribution >= 0.6 is 0 Å². The second-order valence-electron chi connectivity index (χ2n) is 6.00. The van der Waals surface area contributed by atoms with E-state index in [1.54, 1.807) is 11.9 Å². The van der Waals surface area contributed by atoms with E-state index >= 15 is 0 Å². The number of hydrogen-bond donors (Lipinski definition) is 0. The Morgan fingerprint density at radius 1 is 1.15 bits per heavy atom. The first-order valence-electron chi connectivity index (χ1n) is 7.43. The van der Waals surface area contributed by atoms with Crippen molar-refractivity contribution in [2.24, 2.45) is 11.0 Å². The molecule has 4 nitrogen and oxygen atoms in total. The summed E-state index contributed by atoms with van der Waals surface area (Å²) in [4.78, 5) is 14.5. The van der Waals surface area contributed by atoms with Crippen LogP contribution in [0.4, 0.5) is 0 Å². The normalized spacial score (nSPS) is 34.9. The fourth-order valence-electron chi connectivity index (χ4n) is 3.96. The molecule has 5 rings (SSSR count). The quantitative estimate of drug-likeness (QED) is 0.782. The van der Waals surface area contributed by atoms with Crippen LogP contribution in [-0.4, -0.2) is 40.7 Å². The summed E-state index contributed by atoms with van der Waals surface area (Å²) in [5, 5.41) is 6.42. The molecule has 0 N–H and O–H groups in total. The highest BCUT2D eigenvalue weighted by molar-refractivity contribution is 5.97. The van der Waals surface area contributed by atoms with Crippen molar-refractivity contribution >= 4 is 11.6 Å². The highest BCUT2D eigenvalue weighted by Crippen LogP contribution is 2.43. The number of benzene rings is 1. The molecule has 1 aromatic carbocycles. The monoisotopic (exact) mass is 269 g/mol. The molecule has 4 heteroatoms. The molecular formula is C16H19N3O. The van der Waals surface area contributed by atoms with E-state index in [0.717, 1.165) is 13.1 Å². The first kappa shape index (κ1) is 12.1. The van der Waals surface area contributed by atoms with Crippen LogP contribution in [0.5, 0.6) is 0 Å². The molecule has 0 aliphatic carbocycles. The maximum absolute atomic E-state index is 12.0. The maximum Gasteiger partial charge on any atom is 0.240 e. The Bertz CT molecular complexity index is 560. The maximum atomic E-state index is 12.0. The Morgan fingerprint density at radius 2 is 1.85 bits per heavy atom. The lowest BCUT2D eigenvalue weighted by Crippen LogP contribution is -2.56. The highest BCUT2D eigenvalue weighted by atomic mass is 16.2. The third kappa shape index (κ3) is 1.64. The Kier molecular flexibility index (Phi) is 2.67. The van der Waals surface area contributed by atoms with Gasteiger partial charge < -0.3 is 0 Å². The second-order valence-corrected chi connectivity index (χ2v) is 6.00. The van der Waals surface area contributed by atoms with Gasteiger partial charge in [-0.15, -0.1) is 0 Å². The van der Waals surface area contributed by atoms with E-state index in [2.05, 4.69) is 17.0 Å². The summed E-state index contributed by atoms with van der Waals surface area (Å²) in [6.45, 7) is 3.90. The summed E-state index contributed by atoms with van der Waals surface area (Å²) in [5.41, 5.74) is 2.44. The number of nitrogens with zero attached hydrogens (tertiary/aromatic N) is 3. The fourth-order valence-corrected chi connectivity index (χ4v) is 3.96. The molecule has 1 aromatic rings. The van der Waals surface area contributed by atoms with Crippen LogP contribution in [0.3, 0.4) is 0 Å². The van der Waals surface area contributed by atoms with Gasteiger partial charge in [0.25, 0.3) is 0 Å². The van der Waals surface area contributed by atoms with Gasteiger partial charge in [0.1, 0.15) is 6.04 Å². The number of amides is 1. The average molecular weight is 269 g/mol. The SMILES string of the molecule is CC(=O)N1N=C2C3CCN(CC3)[C@H]2[C@@H]1c1ccccc1. The summed E-state index contributed by atoms with van der Waals surface area (Å²) >= 11 is 0. The third-order valence-corrected chi connectivity index (χ3v) is 4.89. The van der Waals surface area contributed by atoms with Crippen LogP contribution in [0, 0.1) is 5.92 Å².